The second-order valence-electron chi connectivity index (χ2n) is 4.15. The topological polar surface area (TPSA) is 85.1 Å². The van der Waals surface area contributed by atoms with Crippen molar-refractivity contribution in [3.8, 4) is 0 Å². The maximum atomic E-state index is 12.0. The molecule has 6 heteroatoms. The fraction of sp³-hybridized carbons (Fsp3) is 0.143. The molecule has 104 valence electrons. The molecule has 0 aliphatic carbocycles. The first-order valence-electron chi connectivity index (χ1n) is 6.06. The third kappa shape index (κ3) is 3.89. The van der Waals surface area contributed by atoms with Crippen molar-refractivity contribution in [3.63, 3.8) is 0 Å². The fourth-order valence-electron chi connectivity index (χ4n) is 1.63. The van der Waals surface area contributed by atoms with E-state index in [4.69, 9.17) is 5.73 Å². The molecule has 1 unspecified atom stereocenters. The van der Waals surface area contributed by atoms with E-state index in [0.29, 0.717) is 12.2 Å². The largest absolute Gasteiger partial charge is 0.396 e. The van der Waals surface area contributed by atoms with Crippen LogP contribution in [-0.4, -0.2) is 20.9 Å². The summed E-state index contributed by atoms with van der Waals surface area (Å²) < 4.78 is 12.0. The Morgan fingerprint density at radius 1 is 1.20 bits per heavy atom. The predicted octanol–water partition coefficient (Wildman–Crippen LogP) is 1.09. The molecule has 0 spiro atoms. The van der Waals surface area contributed by atoms with Crippen molar-refractivity contribution in [2.75, 3.05) is 11.5 Å². The van der Waals surface area contributed by atoms with Crippen LogP contribution in [0.25, 0.3) is 0 Å². The van der Waals surface area contributed by atoms with Crippen LogP contribution in [0.1, 0.15) is 5.56 Å². The number of aromatic nitrogens is 1. The van der Waals surface area contributed by atoms with Gasteiger partial charge in [0.05, 0.1) is 16.5 Å². The SMILES string of the molecule is Nc1cccnc1S(=O)CC(=O)NCc1ccccc1. The van der Waals surface area contributed by atoms with Crippen molar-refractivity contribution in [2.45, 2.75) is 11.6 Å². The van der Waals surface area contributed by atoms with Gasteiger partial charge in [0.1, 0.15) is 5.75 Å². The minimum atomic E-state index is -1.53. The van der Waals surface area contributed by atoms with Gasteiger partial charge in [0.25, 0.3) is 0 Å². The van der Waals surface area contributed by atoms with Crippen LogP contribution in [0.4, 0.5) is 5.69 Å². The summed E-state index contributed by atoms with van der Waals surface area (Å²) in [6, 6.07) is 12.8. The predicted molar refractivity (Wildman–Crippen MR) is 78.2 cm³/mol. The number of hydrogen-bond acceptors (Lipinski definition) is 4. The maximum absolute atomic E-state index is 12.0. The molecule has 2 rings (SSSR count). The molecule has 2 aromatic rings. The normalized spacial score (nSPS) is 11.8. The number of hydrogen-bond donors (Lipinski definition) is 2. The number of nitrogens with zero attached hydrogens (tertiary/aromatic N) is 1. The minimum absolute atomic E-state index is 0.145. The Morgan fingerprint density at radius 3 is 2.65 bits per heavy atom. The van der Waals surface area contributed by atoms with Crippen LogP contribution in [0.5, 0.6) is 0 Å². The van der Waals surface area contributed by atoms with Crippen molar-refractivity contribution >= 4 is 22.4 Å². The van der Waals surface area contributed by atoms with Gasteiger partial charge in [-0.3, -0.25) is 9.00 Å². The Balaban J connectivity index is 1.89. The number of rotatable bonds is 5. The van der Waals surface area contributed by atoms with Crippen LogP contribution in [-0.2, 0) is 22.1 Å². The fourth-order valence-corrected chi connectivity index (χ4v) is 2.61. The van der Waals surface area contributed by atoms with Crippen LogP contribution in [0, 0.1) is 0 Å². The standard InChI is InChI=1S/C14H15N3O2S/c15-12-7-4-8-16-14(12)20(19)10-13(18)17-9-11-5-2-1-3-6-11/h1-8H,9-10,15H2,(H,17,18). The highest BCUT2D eigenvalue weighted by molar-refractivity contribution is 7.85. The molecule has 0 aliphatic heterocycles. The number of carbonyl (C=O) groups is 1. The molecule has 0 radical (unpaired) electrons. The summed E-state index contributed by atoms with van der Waals surface area (Å²) in [5.74, 6) is -0.439. The number of nitrogens with one attached hydrogen (secondary N) is 1. The Morgan fingerprint density at radius 2 is 1.95 bits per heavy atom. The van der Waals surface area contributed by atoms with Crippen molar-refractivity contribution < 1.29 is 9.00 Å². The van der Waals surface area contributed by atoms with Gasteiger partial charge in [-0.05, 0) is 17.7 Å². The molecule has 0 bridgehead atoms. The lowest BCUT2D eigenvalue weighted by atomic mass is 10.2. The molecule has 3 N–H and O–H groups in total. The van der Waals surface area contributed by atoms with Gasteiger partial charge >= 0.3 is 0 Å². The summed E-state index contributed by atoms with van der Waals surface area (Å²) in [4.78, 5) is 15.7. The lowest BCUT2D eigenvalue weighted by Crippen LogP contribution is -2.28. The zero-order valence-electron chi connectivity index (χ0n) is 10.8. The third-order valence-corrected chi connectivity index (χ3v) is 3.91. The van der Waals surface area contributed by atoms with Gasteiger partial charge in [-0.25, -0.2) is 4.98 Å². The Bertz CT molecular complexity index is 617. The molecule has 0 saturated heterocycles. The molecule has 1 aromatic heterocycles. The van der Waals surface area contributed by atoms with Crippen LogP contribution in [0.3, 0.4) is 0 Å². The smallest absolute Gasteiger partial charge is 0.233 e. The molecule has 20 heavy (non-hydrogen) atoms. The van der Waals surface area contributed by atoms with Crippen molar-refractivity contribution in [1.82, 2.24) is 10.3 Å². The summed E-state index contributed by atoms with van der Waals surface area (Å²) in [5.41, 5.74) is 7.00. The zero-order chi connectivity index (χ0) is 14.4. The molecule has 1 amide bonds. The number of nitrogen functional groups attached to an aromatic ring is 1. The van der Waals surface area contributed by atoms with Gasteiger partial charge < -0.3 is 11.1 Å². The summed E-state index contributed by atoms with van der Waals surface area (Å²) >= 11 is 0. The van der Waals surface area contributed by atoms with Crippen molar-refractivity contribution in [1.29, 1.82) is 0 Å². The summed E-state index contributed by atoms with van der Waals surface area (Å²) in [6.45, 7) is 0.411. The third-order valence-electron chi connectivity index (χ3n) is 2.61. The number of benzene rings is 1. The lowest BCUT2D eigenvalue weighted by molar-refractivity contribution is -0.118. The van der Waals surface area contributed by atoms with E-state index in [9.17, 15) is 9.00 Å². The quantitative estimate of drug-likeness (QED) is 0.863. The van der Waals surface area contributed by atoms with Crippen molar-refractivity contribution in [2.24, 2.45) is 0 Å². The molecular weight excluding hydrogens is 274 g/mol. The first-order chi connectivity index (χ1) is 9.66. The molecule has 5 nitrogen and oxygen atoms in total. The number of carbonyl (C=O) groups excluding carboxylic acids is 1. The average Bonchev–Trinajstić information content (AvgIpc) is 2.46. The number of anilines is 1. The first-order valence-corrected chi connectivity index (χ1v) is 7.38. The van der Waals surface area contributed by atoms with Gasteiger partial charge in [0.2, 0.25) is 5.91 Å². The van der Waals surface area contributed by atoms with Crippen LogP contribution < -0.4 is 11.1 Å². The van der Waals surface area contributed by atoms with Crippen LogP contribution in [0.2, 0.25) is 0 Å². The van der Waals surface area contributed by atoms with E-state index in [1.54, 1.807) is 12.1 Å². The summed E-state index contributed by atoms with van der Waals surface area (Å²) in [6.07, 6.45) is 1.51. The van der Waals surface area contributed by atoms with Gasteiger partial charge in [-0.15, -0.1) is 0 Å². The van der Waals surface area contributed by atoms with Gasteiger partial charge in [0.15, 0.2) is 5.03 Å². The first kappa shape index (κ1) is 14.2. The highest BCUT2D eigenvalue weighted by Crippen LogP contribution is 2.11. The summed E-state index contributed by atoms with van der Waals surface area (Å²) in [5, 5.41) is 2.97. The van der Waals surface area contributed by atoms with Crippen LogP contribution >= 0.6 is 0 Å². The van der Waals surface area contributed by atoms with Crippen molar-refractivity contribution in [3.05, 3.63) is 54.2 Å². The van der Waals surface area contributed by atoms with Gasteiger partial charge in [-0.2, -0.15) is 0 Å². The molecule has 1 atom stereocenters. The number of pyridine rings is 1. The van der Waals surface area contributed by atoms with E-state index in [2.05, 4.69) is 10.3 Å². The monoisotopic (exact) mass is 289 g/mol. The lowest BCUT2D eigenvalue weighted by Gasteiger charge is -2.06. The number of amides is 1. The second-order valence-corrected chi connectivity index (χ2v) is 5.52. The van der Waals surface area contributed by atoms with Crippen LogP contribution in [0.15, 0.2) is 53.7 Å². The maximum Gasteiger partial charge on any atom is 0.233 e. The van der Waals surface area contributed by atoms with E-state index < -0.39 is 10.8 Å². The highest BCUT2D eigenvalue weighted by Gasteiger charge is 2.13. The van der Waals surface area contributed by atoms with E-state index in [1.807, 2.05) is 30.3 Å². The minimum Gasteiger partial charge on any atom is -0.396 e. The molecule has 1 heterocycles. The number of nitrogens with two attached hydrogens (primary N) is 1. The summed E-state index contributed by atoms with van der Waals surface area (Å²) in [7, 11) is -1.53. The Kier molecular flexibility index (Phi) is 4.84. The van der Waals surface area contributed by atoms with E-state index in [-0.39, 0.29) is 16.7 Å². The Hall–Kier alpha value is -2.21. The van der Waals surface area contributed by atoms with E-state index in [1.165, 1.54) is 6.20 Å². The van der Waals surface area contributed by atoms with E-state index in [0.717, 1.165) is 5.56 Å². The zero-order valence-corrected chi connectivity index (χ0v) is 11.6. The van der Waals surface area contributed by atoms with E-state index >= 15 is 0 Å². The highest BCUT2D eigenvalue weighted by atomic mass is 32.2. The second kappa shape index (κ2) is 6.81. The molecule has 0 fully saturated rings. The van der Waals surface area contributed by atoms with Gasteiger partial charge in [0, 0.05) is 12.7 Å². The molecular formula is C14H15N3O2S. The Labute approximate surface area is 119 Å². The molecule has 0 aliphatic rings. The molecule has 0 saturated carbocycles. The molecule has 1 aromatic carbocycles. The van der Waals surface area contributed by atoms with Gasteiger partial charge in [-0.1, -0.05) is 30.3 Å². The average molecular weight is 289 g/mol.